The summed E-state index contributed by atoms with van der Waals surface area (Å²) in [5.41, 5.74) is 3.93. The highest BCUT2D eigenvalue weighted by molar-refractivity contribution is 5.83. The lowest BCUT2D eigenvalue weighted by atomic mass is 10.1. The number of aromatic amines is 1. The van der Waals surface area contributed by atoms with Crippen molar-refractivity contribution in [2.45, 2.75) is 32.0 Å². The van der Waals surface area contributed by atoms with Crippen molar-refractivity contribution in [1.29, 1.82) is 5.26 Å². The third-order valence-corrected chi connectivity index (χ3v) is 5.20. The van der Waals surface area contributed by atoms with Crippen LogP contribution in [0, 0.1) is 11.3 Å². The van der Waals surface area contributed by atoms with Crippen molar-refractivity contribution in [1.82, 2.24) is 20.2 Å². The Morgan fingerprint density at radius 2 is 1.86 bits per heavy atom. The number of carbonyl (C=O) groups is 1. The smallest absolute Gasteiger partial charge is 0.237 e. The molecule has 6 nitrogen and oxygen atoms in total. The molecule has 2 N–H and O–H groups in total. The van der Waals surface area contributed by atoms with Crippen LogP contribution in [0.5, 0.6) is 0 Å². The molecule has 6 heteroatoms. The Morgan fingerprint density at radius 1 is 1.07 bits per heavy atom. The van der Waals surface area contributed by atoms with Crippen LogP contribution in [0.1, 0.15) is 34.6 Å². The fraction of sp³-hybridized carbons (Fsp3) is 0.261. The van der Waals surface area contributed by atoms with Gasteiger partial charge in [-0.2, -0.15) is 5.26 Å². The minimum absolute atomic E-state index is 0.0956. The van der Waals surface area contributed by atoms with Crippen LogP contribution < -0.4 is 5.32 Å². The van der Waals surface area contributed by atoms with Crippen molar-refractivity contribution >= 4 is 5.91 Å². The van der Waals surface area contributed by atoms with Crippen LogP contribution in [0.15, 0.2) is 60.8 Å². The molecule has 1 fully saturated rings. The number of nitriles is 1. The van der Waals surface area contributed by atoms with Gasteiger partial charge in [0.15, 0.2) is 0 Å². The molecule has 1 saturated heterocycles. The number of hydrogen-bond acceptors (Lipinski definition) is 4. The van der Waals surface area contributed by atoms with Crippen molar-refractivity contribution in [3.63, 3.8) is 0 Å². The maximum atomic E-state index is 12.3. The summed E-state index contributed by atoms with van der Waals surface area (Å²) in [4.78, 5) is 22.4. The maximum Gasteiger partial charge on any atom is 0.237 e. The SMILES string of the molecule is N#Cc1ccc(Cc2ncc(CN(Cc3ccccc3)C3CCNC3=O)[nH]2)cc1. The van der Waals surface area contributed by atoms with Gasteiger partial charge in [-0.15, -0.1) is 0 Å². The summed E-state index contributed by atoms with van der Waals surface area (Å²) in [6, 6.07) is 19.8. The number of amides is 1. The third kappa shape index (κ3) is 4.71. The van der Waals surface area contributed by atoms with E-state index in [0.717, 1.165) is 30.0 Å². The number of nitrogens with one attached hydrogen (secondary N) is 2. The Bertz CT molecular complexity index is 1000. The molecule has 1 atom stereocenters. The largest absolute Gasteiger partial charge is 0.355 e. The van der Waals surface area contributed by atoms with E-state index in [2.05, 4.69) is 38.4 Å². The Balaban J connectivity index is 1.47. The van der Waals surface area contributed by atoms with Gasteiger partial charge in [-0.1, -0.05) is 42.5 Å². The van der Waals surface area contributed by atoms with E-state index in [1.807, 2.05) is 48.7 Å². The quantitative estimate of drug-likeness (QED) is 0.655. The van der Waals surface area contributed by atoms with Gasteiger partial charge in [-0.25, -0.2) is 4.98 Å². The Kier molecular flexibility index (Phi) is 5.68. The van der Waals surface area contributed by atoms with E-state index in [0.29, 0.717) is 25.1 Å². The van der Waals surface area contributed by atoms with Crippen molar-refractivity contribution in [3.05, 3.63) is 89.0 Å². The van der Waals surface area contributed by atoms with Crippen molar-refractivity contribution in [2.24, 2.45) is 0 Å². The average molecular weight is 385 g/mol. The Labute approximate surface area is 170 Å². The molecule has 4 rings (SSSR count). The molecule has 1 aliphatic heterocycles. The lowest BCUT2D eigenvalue weighted by molar-refractivity contribution is -0.124. The van der Waals surface area contributed by atoms with Gasteiger partial charge in [0, 0.05) is 37.9 Å². The van der Waals surface area contributed by atoms with Crippen molar-refractivity contribution in [2.75, 3.05) is 6.54 Å². The van der Waals surface area contributed by atoms with E-state index in [9.17, 15) is 4.79 Å². The minimum Gasteiger partial charge on any atom is -0.355 e. The van der Waals surface area contributed by atoms with E-state index in [-0.39, 0.29) is 11.9 Å². The van der Waals surface area contributed by atoms with E-state index < -0.39 is 0 Å². The molecular formula is C23H23N5O. The lowest BCUT2D eigenvalue weighted by Crippen LogP contribution is -2.39. The summed E-state index contributed by atoms with van der Waals surface area (Å²) in [5.74, 6) is 0.971. The first-order valence-electron chi connectivity index (χ1n) is 9.79. The predicted molar refractivity (Wildman–Crippen MR) is 110 cm³/mol. The Morgan fingerprint density at radius 3 is 2.55 bits per heavy atom. The van der Waals surface area contributed by atoms with Crippen molar-refractivity contribution < 1.29 is 4.79 Å². The molecule has 0 aliphatic carbocycles. The van der Waals surface area contributed by atoms with Gasteiger partial charge in [0.05, 0.1) is 17.7 Å². The molecular weight excluding hydrogens is 362 g/mol. The second kappa shape index (κ2) is 8.72. The summed E-state index contributed by atoms with van der Waals surface area (Å²) in [6.45, 7) is 2.07. The van der Waals surface area contributed by atoms with Crippen molar-refractivity contribution in [3.8, 4) is 6.07 Å². The van der Waals surface area contributed by atoms with E-state index in [1.54, 1.807) is 0 Å². The standard InChI is InChI=1S/C23H23N5O/c24-13-18-8-6-17(7-9-18)12-22-26-14-20(27-22)16-28(21-10-11-25-23(21)29)15-19-4-2-1-3-5-19/h1-9,14,21H,10-12,15-16H2,(H,25,29)(H,26,27). The zero-order valence-electron chi connectivity index (χ0n) is 16.1. The molecule has 2 aromatic carbocycles. The van der Waals surface area contributed by atoms with Gasteiger partial charge in [0.1, 0.15) is 5.82 Å². The highest BCUT2D eigenvalue weighted by Gasteiger charge is 2.30. The molecule has 1 aromatic heterocycles. The van der Waals surface area contributed by atoms with Crippen LogP contribution in [0.3, 0.4) is 0 Å². The third-order valence-electron chi connectivity index (χ3n) is 5.20. The van der Waals surface area contributed by atoms with Gasteiger partial charge in [-0.05, 0) is 29.7 Å². The molecule has 1 aliphatic rings. The molecule has 2 heterocycles. The number of carbonyl (C=O) groups excluding carboxylic acids is 1. The lowest BCUT2D eigenvalue weighted by Gasteiger charge is -2.26. The van der Waals surface area contributed by atoms with Gasteiger partial charge in [0.2, 0.25) is 5.91 Å². The average Bonchev–Trinajstić information content (AvgIpc) is 3.37. The van der Waals surface area contributed by atoms with Crippen LogP contribution in [0.2, 0.25) is 0 Å². The molecule has 0 saturated carbocycles. The molecule has 0 radical (unpaired) electrons. The van der Waals surface area contributed by atoms with Gasteiger partial charge >= 0.3 is 0 Å². The van der Waals surface area contributed by atoms with Crippen LogP contribution in [0.4, 0.5) is 0 Å². The maximum absolute atomic E-state index is 12.3. The number of H-pyrrole nitrogens is 1. The number of aromatic nitrogens is 2. The fourth-order valence-corrected chi connectivity index (χ4v) is 3.71. The highest BCUT2D eigenvalue weighted by Crippen LogP contribution is 2.18. The second-order valence-corrected chi connectivity index (χ2v) is 7.33. The molecule has 146 valence electrons. The van der Waals surface area contributed by atoms with E-state index >= 15 is 0 Å². The monoisotopic (exact) mass is 385 g/mol. The zero-order valence-corrected chi connectivity index (χ0v) is 16.1. The number of benzene rings is 2. The summed E-state index contributed by atoms with van der Waals surface area (Å²) < 4.78 is 0. The van der Waals surface area contributed by atoms with Crippen LogP contribution in [-0.4, -0.2) is 33.4 Å². The highest BCUT2D eigenvalue weighted by atomic mass is 16.2. The molecule has 0 bridgehead atoms. The molecule has 1 unspecified atom stereocenters. The molecule has 29 heavy (non-hydrogen) atoms. The van der Waals surface area contributed by atoms with Gasteiger partial charge in [-0.3, -0.25) is 9.69 Å². The summed E-state index contributed by atoms with van der Waals surface area (Å²) in [5, 5.41) is 11.9. The van der Waals surface area contributed by atoms with Gasteiger partial charge in [0.25, 0.3) is 0 Å². The normalized spacial score (nSPS) is 16.0. The Hall–Kier alpha value is -3.43. The summed E-state index contributed by atoms with van der Waals surface area (Å²) in [6.07, 6.45) is 3.34. The fourth-order valence-electron chi connectivity index (χ4n) is 3.71. The van der Waals surface area contributed by atoms with Crippen LogP contribution >= 0.6 is 0 Å². The minimum atomic E-state index is -0.125. The number of nitrogens with zero attached hydrogens (tertiary/aromatic N) is 3. The van der Waals surface area contributed by atoms with E-state index in [4.69, 9.17) is 5.26 Å². The molecule has 1 amide bonds. The number of rotatable bonds is 7. The van der Waals surface area contributed by atoms with E-state index in [1.165, 1.54) is 5.56 Å². The summed E-state index contributed by atoms with van der Waals surface area (Å²) >= 11 is 0. The molecule has 0 spiro atoms. The first kappa shape index (κ1) is 18.9. The first-order chi connectivity index (χ1) is 14.2. The first-order valence-corrected chi connectivity index (χ1v) is 9.79. The molecule has 3 aromatic rings. The van der Waals surface area contributed by atoms with Crippen LogP contribution in [0.25, 0.3) is 0 Å². The zero-order chi connectivity index (χ0) is 20.1. The van der Waals surface area contributed by atoms with Gasteiger partial charge < -0.3 is 10.3 Å². The predicted octanol–water partition coefficient (Wildman–Crippen LogP) is 2.76. The number of hydrogen-bond donors (Lipinski definition) is 2. The van der Waals surface area contributed by atoms with Crippen LogP contribution in [-0.2, 0) is 24.3 Å². The topological polar surface area (TPSA) is 84.8 Å². The summed E-state index contributed by atoms with van der Waals surface area (Å²) in [7, 11) is 0. The second-order valence-electron chi connectivity index (χ2n) is 7.33. The number of imidazole rings is 1.